The van der Waals surface area contributed by atoms with Gasteiger partial charge >= 0.3 is 0 Å². The van der Waals surface area contributed by atoms with Crippen LogP contribution in [0.1, 0.15) is 26.4 Å². The Morgan fingerprint density at radius 3 is 2.37 bits per heavy atom. The van der Waals surface area contributed by atoms with Crippen LogP contribution in [0.5, 0.6) is 17.2 Å². The number of anilines is 2. The van der Waals surface area contributed by atoms with Crippen molar-refractivity contribution in [1.82, 2.24) is 4.98 Å². The second kappa shape index (κ2) is 9.06. The van der Waals surface area contributed by atoms with Crippen molar-refractivity contribution in [3.63, 3.8) is 0 Å². The quantitative estimate of drug-likeness (QED) is 0.427. The number of fused-ring (bicyclic) bond motifs is 2. The van der Waals surface area contributed by atoms with Gasteiger partial charge in [-0.25, -0.2) is 0 Å². The standard InChI is InChI=1S/C27H25N3O5/c1-33-22-15-23(34-2)25(35-3)24-19(22)14-20(29-24)26(31)28-18-10-8-17(9-11-18)27(32)30-13-12-16-6-4-5-7-21(16)30/h4-11,14-15,29H,12-13H2,1-3H3,(H,28,31). The van der Waals surface area contributed by atoms with E-state index in [1.165, 1.54) is 19.8 Å². The lowest BCUT2D eigenvalue weighted by atomic mass is 10.1. The number of methoxy groups -OCH3 is 3. The molecule has 0 unspecified atom stereocenters. The lowest BCUT2D eigenvalue weighted by Crippen LogP contribution is -2.28. The average molecular weight is 472 g/mol. The van der Waals surface area contributed by atoms with Gasteiger partial charge < -0.3 is 29.4 Å². The molecule has 2 amide bonds. The number of carbonyl (C=O) groups excluding carboxylic acids is 2. The SMILES string of the molecule is COc1cc(OC)c2cc(C(=O)Nc3ccc(C(=O)N4CCc5ccccc54)cc3)[nH]c2c1OC. The minimum absolute atomic E-state index is 0.0587. The molecule has 2 N–H and O–H groups in total. The van der Waals surface area contributed by atoms with Crippen LogP contribution in [-0.4, -0.2) is 44.7 Å². The predicted molar refractivity (Wildman–Crippen MR) is 134 cm³/mol. The van der Waals surface area contributed by atoms with E-state index in [4.69, 9.17) is 14.2 Å². The number of ether oxygens (including phenoxy) is 3. The van der Waals surface area contributed by atoms with E-state index in [0.717, 1.165) is 12.1 Å². The molecule has 0 saturated heterocycles. The Morgan fingerprint density at radius 2 is 1.66 bits per heavy atom. The highest BCUT2D eigenvalue weighted by atomic mass is 16.5. The van der Waals surface area contributed by atoms with Crippen LogP contribution in [0.25, 0.3) is 10.9 Å². The number of para-hydroxylation sites is 1. The van der Waals surface area contributed by atoms with Gasteiger partial charge in [0.05, 0.1) is 26.8 Å². The summed E-state index contributed by atoms with van der Waals surface area (Å²) in [7, 11) is 4.63. The molecular weight excluding hydrogens is 446 g/mol. The number of nitrogens with zero attached hydrogens (tertiary/aromatic N) is 1. The van der Waals surface area contributed by atoms with Gasteiger partial charge in [0, 0.05) is 34.9 Å². The fraction of sp³-hybridized carbons (Fsp3) is 0.185. The summed E-state index contributed by atoms with van der Waals surface area (Å²) in [5.41, 5.74) is 4.19. The number of amides is 2. The van der Waals surface area contributed by atoms with Gasteiger partial charge in [0.15, 0.2) is 11.5 Å². The van der Waals surface area contributed by atoms with E-state index in [-0.39, 0.29) is 11.8 Å². The molecule has 0 fully saturated rings. The van der Waals surface area contributed by atoms with E-state index in [1.54, 1.807) is 48.4 Å². The number of hydrogen-bond acceptors (Lipinski definition) is 5. The summed E-state index contributed by atoms with van der Waals surface area (Å²) in [6.07, 6.45) is 0.849. The third-order valence-corrected chi connectivity index (χ3v) is 6.21. The van der Waals surface area contributed by atoms with Crippen molar-refractivity contribution in [2.24, 2.45) is 0 Å². The number of nitrogens with one attached hydrogen (secondary N) is 2. The van der Waals surface area contributed by atoms with E-state index < -0.39 is 0 Å². The first-order valence-electron chi connectivity index (χ1n) is 11.2. The monoisotopic (exact) mass is 471 g/mol. The lowest BCUT2D eigenvalue weighted by Gasteiger charge is -2.17. The second-order valence-electron chi connectivity index (χ2n) is 8.15. The number of carbonyl (C=O) groups is 2. The first-order valence-corrected chi connectivity index (χ1v) is 11.2. The fourth-order valence-electron chi connectivity index (χ4n) is 4.46. The molecule has 1 aliphatic rings. The van der Waals surface area contributed by atoms with Crippen molar-refractivity contribution >= 4 is 34.1 Å². The van der Waals surface area contributed by atoms with Gasteiger partial charge in [0.25, 0.3) is 11.8 Å². The maximum Gasteiger partial charge on any atom is 0.272 e. The Morgan fingerprint density at radius 1 is 0.914 bits per heavy atom. The molecule has 4 aromatic rings. The number of aromatic nitrogens is 1. The molecule has 1 aliphatic heterocycles. The number of H-pyrrole nitrogens is 1. The average Bonchev–Trinajstić information content (AvgIpc) is 3.53. The van der Waals surface area contributed by atoms with Crippen molar-refractivity contribution in [1.29, 1.82) is 0 Å². The summed E-state index contributed by atoms with van der Waals surface area (Å²) < 4.78 is 16.3. The van der Waals surface area contributed by atoms with Crippen LogP contribution in [0.2, 0.25) is 0 Å². The fourth-order valence-corrected chi connectivity index (χ4v) is 4.46. The van der Waals surface area contributed by atoms with E-state index in [9.17, 15) is 9.59 Å². The highest BCUT2D eigenvalue weighted by Crippen LogP contribution is 2.41. The van der Waals surface area contributed by atoms with Crippen molar-refractivity contribution in [3.8, 4) is 17.2 Å². The van der Waals surface area contributed by atoms with Crippen molar-refractivity contribution in [2.45, 2.75) is 6.42 Å². The van der Waals surface area contributed by atoms with Gasteiger partial charge in [-0.3, -0.25) is 9.59 Å². The maximum atomic E-state index is 13.0. The lowest BCUT2D eigenvalue weighted by molar-refractivity contribution is 0.0988. The summed E-state index contributed by atoms with van der Waals surface area (Å²) in [4.78, 5) is 30.9. The molecule has 0 atom stereocenters. The van der Waals surface area contributed by atoms with Gasteiger partial charge in [0.2, 0.25) is 0 Å². The van der Waals surface area contributed by atoms with Crippen LogP contribution in [-0.2, 0) is 6.42 Å². The predicted octanol–water partition coefficient (Wildman–Crippen LogP) is 4.65. The van der Waals surface area contributed by atoms with Crippen LogP contribution >= 0.6 is 0 Å². The maximum absolute atomic E-state index is 13.0. The third-order valence-electron chi connectivity index (χ3n) is 6.21. The molecule has 8 heteroatoms. The van der Waals surface area contributed by atoms with E-state index >= 15 is 0 Å². The van der Waals surface area contributed by atoms with E-state index in [0.29, 0.717) is 51.6 Å². The molecule has 0 aliphatic carbocycles. The van der Waals surface area contributed by atoms with Gasteiger partial charge in [-0.05, 0) is 48.4 Å². The first-order chi connectivity index (χ1) is 17.0. The van der Waals surface area contributed by atoms with Crippen molar-refractivity contribution < 1.29 is 23.8 Å². The van der Waals surface area contributed by atoms with E-state index in [1.807, 2.05) is 24.3 Å². The van der Waals surface area contributed by atoms with Gasteiger partial charge in [0.1, 0.15) is 11.4 Å². The Balaban J connectivity index is 1.36. The molecule has 0 spiro atoms. The molecular formula is C27H25N3O5. The first kappa shape index (κ1) is 22.3. The summed E-state index contributed by atoms with van der Waals surface area (Å²) in [5, 5.41) is 3.56. The van der Waals surface area contributed by atoms with Crippen LogP contribution in [0.3, 0.4) is 0 Å². The molecule has 1 aromatic heterocycles. The summed E-state index contributed by atoms with van der Waals surface area (Å²) in [5.74, 6) is 1.13. The molecule has 5 rings (SSSR count). The molecule has 0 bridgehead atoms. The summed E-state index contributed by atoms with van der Waals surface area (Å²) >= 11 is 0. The summed E-state index contributed by atoms with van der Waals surface area (Å²) in [6, 6.07) is 18.2. The van der Waals surface area contributed by atoms with Crippen molar-refractivity contribution in [2.75, 3.05) is 38.1 Å². The molecule has 0 saturated carbocycles. The second-order valence-corrected chi connectivity index (χ2v) is 8.15. The van der Waals surface area contributed by atoms with Crippen LogP contribution in [0, 0.1) is 0 Å². The topological polar surface area (TPSA) is 92.9 Å². The number of aromatic amines is 1. The highest BCUT2D eigenvalue weighted by Gasteiger charge is 2.25. The Bertz CT molecular complexity index is 1430. The zero-order chi connectivity index (χ0) is 24.5. The Labute approximate surface area is 202 Å². The number of benzene rings is 3. The summed E-state index contributed by atoms with van der Waals surface area (Å²) in [6.45, 7) is 0.661. The Hall–Kier alpha value is -4.46. The third kappa shape index (κ3) is 3.93. The van der Waals surface area contributed by atoms with Crippen LogP contribution in [0.15, 0.2) is 60.7 Å². The normalized spacial score (nSPS) is 12.4. The number of hydrogen-bond donors (Lipinski definition) is 2. The molecule has 178 valence electrons. The Kier molecular flexibility index (Phi) is 5.78. The minimum atomic E-state index is -0.336. The largest absolute Gasteiger partial charge is 0.496 e. The zero-order valence-electron chi connectivity index (χ0n) is 19.7. The molecule has 8 nitrogen and oxygen atoms in total. The van der Waals surface area contributed by atoms with Crippen LogP contribution < -0.4 is 24.4 Å². The van der Waals surface area contributed by atoms with E-state index in [2.05, 4.69) is 10.3 Å². The van der Waals surface area contributed by atoms with Gasteiger partial charge in [-0.15, -0.1) is 0 Å². The zero-order valence-corrected chi connectivity index (χ0v) is 19.7. The smallest absolute Gasteiger partial charge is 0.272 e. The number of rotatable bonds is 6. The molecule has 0 radical (unpaired) electrons. The highest BCUT2D eigenvalue weighted by molar-refractivity contribution is 6.09. The minimum Gasteiger partial charge on any atom is -0.496 e. The van der Waals surface area contributed by atoms with Gasteiger partial charge in [-0.2, -0.15) is 0 Å². The molecule has 3 aromatic carbocycles. The van der Waals surface area contributed by atoms with Crippen LogP contribution in [0.4, 0.5) is 11.4 Å². The molecule has 2 heterocycles. The van der Waals surface area contributed by atoms with Gasteiger partial charge in [-0.1, -0.05) is 18.2 Å². The molecule has 35 heavy (non-hydrogen) atoms. The van der Waals surface area contributed by atoms with Crippen molar-refractivity contribution in [3.05, 3.63) is 77.5 Å².